The normalized spacial score (nSPS) is 8.28. The molecule has 0 unspecified atom stereocenters. The summed E-state index contributed by atoms with van der Waals surface area (Å²) in [6, 6.07) is 14.0. The number of rotatable bonds is 14. The molecule has 2 aromatic carbocycles. The van der Waals surface area contributed by atoms with E-state index in [9.17, 15) is 4.79 Å². The Morgan fingerprint density at radius 1 is 0.846 bits per heavy atom. The van der Waals surface area contributed by atoms with Crippen LogP contribution < -0.4 is 15.2 Å². The van der Waals surface area contributed by atoms with Gasteiger partial charge in [0.1, 0.15) is 29.7 Å². The summed E-state index contributed by atoms with van der Waals surface area (Å²) in [4.78, 5) is 23.8. The highest BCUT2D eigenvalue weighted by molar-refractivity contribution is 7.74. The van der Waals surface area contributed by atoms with Crippen molar-refractivity contribution >= 4 is 46.1 Å². The van der Waals surface area contributed by atoms with E-state index in [1.165, 1.54) is 17.5 Å². The molecule has 3 aromatic heterocycles. The first-order valence-electron chi connectivity index (χ1n) is 21.5. The van der Waals surface area contributed by atoms with Crippen molar-refractivity contribution in [2.45, 2.75) is 40.8 Å². The molecule has 5 rings (SSSR count). The maximum atomic E-state index is 12.4. The summed E-state index contributed by atoms with van der Waals surface area (Å²) in [5.41, 5.74) is 16.5. The number of aryl methyl sites for hydroxylation is 2. The lowest BCUT2D eigenvalue weighted by Crippen LogP contribution is -2.14. The molecular formula is C58H60N10O8S2. The Morgan fingerprint density at radius 2 is 1.40 bits per heavy atom. The van der Waals surface area contributed by atoms with E-state index in [0.717, 1.165) is 50.1 Å². The smallest absolute Gasteiger partial charge is 0.341 e. The Balaban J connectivity index is -0.000000141. The molecule has 4 N–H and O–H groups in total. The predicted octanol–water partition coefficient (Wildman–Crippen LogP) is 9.92. The number of aromatic nitrogens is 4. The molecule has 0 fully saturated rings. The van der Waals surface area contributed by atoms with Crippen molar-refractivity contribution in [2.75, 3.05) is 19.5 Å². The second-order valence-corrected chi connectivity index (χ2v) is 14.3. The number of pyridine rings is 1. The number of hydrogen-bond acceptors (Lipinski definition) is 16. The molecular weight excluding hydrogens is 1030 g/mol. The number of ether oxygens (including phenoxy) is 3. The summed E-state index contributed by atoms with van der Waals surface area (Å²) >= 11 is 4.53. The van der Waals surface area contributed by atoms with Gasteiger partial charge in [0.25, 0.3) is 0 Å². The second kappa shape index (κ2) is 37.4. The van der Waals surface area contributed by atoms with Crippen LogP contribution in [-0.4, -0.2) is 50.0 Å². The molecule has 0 bridgehead atoms. The maximum absolute atomic E-state index is 12.4. The third-order valence-corrected chi connectivity index (χ3v) is 9.61. The molecule has 5 aromatic rings. The van der Waals surface area contributed by atoms with E-state index in [4.69, 9.17) is 37.2 Å². The first-order valence-corrected chi connectivity index (χ1v) is 22.7. The fourth-order valence-electron chi connectivity index (χ4n) is 5.28. The van der Waals surface area contributed by atoms with E-state index < -0.39 is 5.97 Å². The van der Waals surface area contributed by atoms with Crippen LogP contribution >= 0.6 is 24.2 Å². The molecule has 0 atom stereocenters. The van der Waals surface area contributed by atoms with Crippen LogP contribution in [0.2, 0.25) is 0 Å². The number of terminal acetylenes is 1. The summed E-state index contributed by atoms with van der Waals surface area (Å²) in [6.45, 7) is 8.57. The second-order valence-electron chi connectivity index (χ2n) is 13.3. The topological polar surface area (TPSA) is 226 Å². The molecule has 0 aliphatic carbocycles. The van der Waals surface area contributed by atoms with Gasteiger partial charge < -0.3 is 24.5 Å². The van der Waals surface area contributed by atoms with Crippen LogP contribution in [0.3, 0.4) is 0 Å². The number of anilines is 1. The van der Waals surface area contributed by atoms with Gasteiger partial charge >= 0.3 is 5.97 Å². The van der Waals surface area contributed by atoms with E-state index >= 15 is 0 Å². The lowest BCUT2D eigenvalue weighted by atomic mass is 10.1. The minimum atomic E-state index is -0.415. The number of methoxy groups -OCH3 is 1. The third kappa shape index (κ3) is 22.6. The molecule has 78 heavy (non-hydrogen) atoms. The zero-order valence-electron chi connectivity index (χ0n) is 41.7. The first kappa shape index (κ1) is 60.9. The number of carbonyl (C=O) groups is 1. The largest absolute Gasteiger partial charge is 0.497 e. The van der Waals surface area contributed by atoms with E-state index in [1.807, 2.05) is 61.7 Å². The summed E-state index contributed by atoms with van der Waals surface area (Å²) in [5.74, 6) is 69.9. The average Bonchev–Trinajstić information content (AvgIpc) is 1.75. The molecule has 20 heteroatoms. The lowest BCUT2D eigenvalue weighted by Gasteiger charge is -2.13. The molecule has 0 aliphatic rings. The Bertz CT molecular complexity index is 4000. The highest BCUT2D eigenvalue weighted by atomic mass is 32.1. The van der Waals surface area contributed by atoms with Crippen molar-refractivity contribution in [2.24, 2.45) is 15.7 Å². The molecule has 0 saturated carbocycles. The number of carbonyl (C=O) groups excluding carboxylic acids is 1. The predicted molar refractivity (Wildman–Crippen MR) is 319 cm³/mol. The number of fused-ring (bicyclic) bond motifs is 1. The van der Waals surface area contributed by atoms with E-state index in [1.54, 1.807) is 21.0 Å². The van der Waals surface area contributed by atoms with Crippen LogP contribution in [-0.2, 0) is 32.2 Å². The first-order chi connectivity index (χ1) is 38.1. The maximum Gasteiger partial charge on any atom is 0.341 e. The van der Waals surface area contributed by atoms with Crippen LogP contribution in [0.15, 0.2) is 69.7 Å². The van der Waals surface area contributed by atoms with Gasteiger partial charge in [0.05, 0.1) is 35.9 Å². The zero-order valence-corrected chi connectivity index (χ0v) is 43.4. The third-order valence-electron chi connectivity index (χ3n) is 8.48. The highest BCUT2D eigenvalue weighted by Crippen LogP contribution is 2.34. The summed E-state index contributed by atoms with van der Waals surface area (Å²) in [5, 5.41) is 27.2. The molecule has 0 amide bonds. The standard InChI is InChI=1S/C29H29N5O4S.C29H4.H3N5O4S.12H2/c1-5-37-29(35)23-13-31-27(30)25-21(16-39-26(23)25)15-38-24-12-20(9-6-17(24)2)28-33-32-18(3)34(28)14-19-7-10-22(36-4)11-8-19;1-3-5-7-9-11-13-15-17-19-21-23-25-27-29-28-26-24-22-20-18-16-14-12-10-8-6-4-2;1-2-3-4-5(7-6)8-9-10;;;;;;;;;;;;/h6-13,16H,5,14-15H2,1-4H3,(H2,30,31);1H,2H3;1,6,10H;12*1H/b;;2-1?,4-3+;;;;;;;;;;;;. The van der Waals surface area contributed by atoms with Crippen molar-refractivity contribution in [3.8, 4) is 189 Å². The Hall–Kier alpha value is -11.4. The minimum absolute atomic E-state index is 0. The monoisotopic (exact) mass is 1090 g/mol. The SMILES string of the molecule is C#CC#CC#CC#CC#CC#CC#CC#CC#CC#CC#CC#CC#CC#CC.CCOC(=O)c1cnc(N)c2c(COc3cc(-c4nnc(C)n4Cc4ccc(OC)cc4)ccc3C)csc12.N=N/N=N/N(OO)OOS.[HH].[HH].[HH].[HH].[HH].[HH].[HH].[HH].[HH].[HH].[HH].[HH]. The molecule has 0 radical (unpaired) electrons. The Morgan fingerprint density at radius 3 is 1.88 bits per heavy atom. The number of esters is 1. The molecule has 0 aliphatic heterocycles. The quantitative estimate of drug-likeness (QED) is 0.0155. The summed E-state index contributed by atoms with van der Waals surface area (Å²) in [6.07, 6.45) is 6.38. The fourth-order valence-corrected chi connectivity index (χ4v) is 6.40. The van der Waals surface area contributed by atoms with Crippen molar-refractivity contribution < 1.29 is 55.7 Å². The minimum Gasteiger partial charge on any atom is -0.497 e. The van der Waals surface area contributed by atoms with Crippen LogP contribution in [0.1, 0.15) is 63.8 Å². The van der Waals surface area contributed by atoms with Gasteiger partial charge in [-0.1, -0.05) is 35.2 Å². The zero-order chi connectivity index (χ0) is 56.4. The van der Waals surface area contributed by atoms with Gasteiger partial charge in [-0.05, 0) is 173 Å². The highest BCUT2D eigenvalue weighted by Gasteiger charge is 2.19. The summed E-state index contributed by atoms with van der Waals surface area (Å²) in [7, 11) is 1.65. The molecule has 3 heterocycles. The fraction of sp³-hybridized carbons (Fsp3) is 0.138. The van der Waals surface area contributed by atoms with Crippen molar-refractivity contribution in [3.63, 3.8) is 0 Å². The van der Waals surface area contributed by atoms with E-state index in [0.29, 0.717) is 23.3 Å². The Kier molecular flexibility index (Phi) is 29.2. The van der Waals surface area contributed by atoms with Crippen molar-refractivity contribution in [1.29, 1.82) is 5.53 Å². The van der Waals surface area contributed by atoms with E-state index in [2.05, 4.69) is 222 Å². The number of nitrogens with one attached hydrogen (secondary N) is 1. The van der Waals surface area contributed by atoms with E-state index in [-0.39, 0.29) is 35.7 Å². The Labute approximate surface area is 478 Å². The van der Waals surface area contributed by atoms with Gasteiger partial charge in [-0.15, -0.1) is 32.3 Å². The van der Waals surface area contributed by atoms with Gasteiger partial charge in [-0.3, -0.25) is 0 Å². The number of nitrogens with two attached hydrogens (primary N) is 1. The molecule has 0 saturated heterocycles. The van der Waals surface area contributed by atoms with Crippen molar-refractivity contribution in [1.82, 2.24) is 25.1 Å². The lowest BCUT2D eigenvalue weighted by molar-refractivity contribution is -0.572. The molecule has 18 nitrogen and oxygen atoms in total. The average molecular weight is 1090 g/mol. The van der Waals surface area contributed by atoms with Crippen LogP contribution in [0.4, 0.5) is 5.82 Å². The number of thiol groups is 1. The van der Waals surface area contributed by atoms with Gasteiger partial charge in [-0.2, -0.15) is 5.53 Å². The number of nitrogens with zero attached hydrogens (tertiary/aromatic N) is 8. The number of nitrogen functional groups attached to an aromatic ring is 1. The number of thiophene rings is 1. The van der Waals surface area contributed by atoms with Gasteiger partial charge in [0.15, 0.2) is 5.82 Å². The number of hydrogen-bond donors (Lipinski definition) is 4. The van der Waals surface area contributed by atoms with Crippen LogP contribution in [0, 0.1) is 186 Å². The molecule has 0 spiro atoms. The van der Waals surface area contributed by atoms with Gasteiger partial charge in [-0.25, -0.2) is 15.0 Å². The number of benzene rings is 2. The van der Waals surface area contributed by atoms with Gasteiger partial charge in [0.2, 0.25) is 0 Å². The van der Waals surface area contributed by atoms with Crippen LogP contribution in [0.5, 0.6) is 11.5 Å². The molecule has 402 valence electrons. The van der Waals surface area contributed by atoms with Crippen LogP contribution in [0.25, 0.3) is 21.5 Å². The van der Waals surface area contributed by atoms with Gasteiger partial charge in [0, 0.05) is 117 Å². The van der Waals surface area contributed by atoms with Crippen molar-refractivity contribution in [3.05, 3.63) is 82.1 Å². The summed E-state index contributed by atoms with van der Waals surface area (Å²) < 4.78 is 23.2.